The number of hydrogen-bond donors (Lipinski definition) is 3. The molecule has 0 bridgehead atoms. The van der Waals surface area contributed by atoms with Crippen LogP contribution in [0.4, 0.5) is 4.79 Å². The van der Waals surface area contributed by atoms with E-state index in [0.29, 0.717) is 19.4 Å². The number of nitrogens with two attached hydrogens (primary N) is 1. The normalized spacial score (nSPS) is 41.0. The number of aliphatic hydroxyl groups excluding tert-OH is 1. The maximum absolute atomic E-state index is 11.9. The van der Waals surface area contributed by atoms with E-state index in [1.807, 2.05) is 6.92 Å². The SMILES string of the molecule is CC[C@H]1O[C@@H](N2CCC(N)NC2=O)C(OC)C1O. The molecule has 5 atom stereocenters. The summed E-state index contributed by atoms with van der Waals surface area (Å²) < 4.78 is 11.0. The van der Waals surface area contributed by atoms with Crippen molar-refractivity contribution in [3.63, 3.8) is 0 Å². The van der Waals surface area contributed by atoms with Gasteiger partial charge in [-0.1, -0.05) is 6.92 Å². The molecule has 18 heavy (non-hydrogen) atoms. The molecule has 2 amide bonds. The fourth-order valence-corrected chi connectivity index (χ4v) is 2.50. The van der Waals surface area contributed by atoms with Gasteiger partial charge in [0, 0.05) is 13.7 Å². The van der Waals surface area contributed by atoms with Gasteiger partial charge in [-0.2, -0.15) is 0 Å². The van der Waals surface area contributed by atoms with Crippen molar-refractivity contribution in [2.45, 2.75) is 50.5 Å². The van der Waals surface area contributed by atoms with Crippen molar-refractivity contribution in [1.29, 1.82) is 0 Å². The Bertz CT molecular complexity index is 315. The lowest BCUT2D eigenvalue weighted by Gasteiger charge is -2.36. The molecule has 4 N–H and O–H groups in total. The Hall–Kier alpha value is -0.890. The van der Waals surface area contributed by atoms with Gasteiger partial charge in [-0.15, -0.1) is 0 Å². The van der Waals surface area contributed by atoms with E-state index in [-0.39, 0.29) is 18.3 Å². The van der Waals surface area contributed by atoms with Crippen molar-refractivity contribution in [2.24, 2.45) is 5.73 Å². The minimum absolute atomic E-state index is 0.273. The van der Waals surface area contributed by atoms with Crippen LogP contribution in [0, 0.1) is 0 Å². The van der Waals surface area contributed by atoms with E-state index in [4.69, 9.17) is 15.2 Å². The van der Waals surface area contributed by atoms with Crippen LogP contribution in [0.15, 0.2) is 0 Å². The highest BCUT2D eigenvalue weighted by Gasteiger charge is 2.48. The van der Waals surface area contributed by atoms with Gasteiger partial charge >= 0.3 is 6.03 Å². The summed E-state index contributed by atoms with van der Waals surface area (Å²) in [4.78, 5) is 13.4. The highest BCUT2D eigenvalue weighted by atomic mass is 16.6. The zero-order chi connectivity index (χ0) is 13.3. The lowest BCUT2D eigenvalue weighted by Crippen LogP contribution is -2.60. The second-order valence-corrected chi connectivity index (χ2v) is 4.70. The van der Waals surface area contributed by atoms with Gasteiger partial charge in [0.2, 0.25) is 0 Å². The van der Waals surface area contributed by atoms with Gasteiger partial charge < -0.3 is 25.6 Å². The molecule has 0 aliphatic carbocycles. The third-order valence-electron chi connectivity index (χ3n) is 3.55. The van der Waals surface area contributed by atoms with Crippen LogP contribution in [-0.2, 0) is 9.47 Å². The Morgan fingerprint density at radius 1 is 1.67 bits per heavy atom. The Labute approximate surface area is 106 Å². The monoisotopic (exact) mass is 259 g/mol. The van der Waals surface area contributed by atoms with Crippen molar-refractivity contribution >= 4 is 6.03 Å². The molecule has 3 unspecified atom stereocenters. The lowest BCUT2D eigenvalue weighted by atomic mass is 10.1. The Kier molecular flexibility index (Phi) is 4.06. The van der Waals surface area contributed by atoms with Crippen molar-refractivity contribution in [1.82, 2.24) is 10.2 Å². The molecule has 0 spiro atoms. The molecule has 2 fully saturated rings. The summed E-state index contributed by atoms with van der Waals surface area (Å²) in [7, 11) is 1.51. The molecule has 0 saturated carbocycles. The van der Waals surface area contributed by atoms with Crippen LogP contribution in [0.2, 0.25) is 0 Å². The van der Waals surface area contributed by atoms with Crippen LogP contribution in [0.5, 0.6) is 0 Å². The molecule has 104 valence electrons. The molecule has 2 saturated heterocycles. The second-order valence-electron chi connectivity index (χ2n) is 4.70. The third kappa shape index (κ3) is 2.31. The first-order valence-electron chi connectivity index (χ1n) is 6.27. The largest absolute Gasteiger partial charge is 0.388 e. The molecule has 2 aliphatic rings. The predicted octanol–water partition coefficient (Wildman–Crippen LogP) is -0.803. The molecule has 0 aromatic heterocycles. The van der Waals surface area contributed by atoms with Gasteiger partial charge in [-0.3, -0.25) is 4.90 Å². The molecular weight excluding hydrogens is 238 g/mol. The fourth-order valence-electron chi connectivity index (χ4n) is 2.50. The van der Waals surface area contributed by atoms with Crippen molar-refractivity contribution in [3.05, 3.63) is 0 Å². The average molecular weight is 259 g/mol. The Morgan fingerprint density at radius 2 is 2.39 bits per heavy atom. The van der Waals surface area contributed by atoms with E-state index < -0.39 is 18.4 Å². The maximum Gasteiger partial charge on any atom is 0.320 e. The first kappa shape index (κ1) is 13.5. The highest BCUT2D eigenvalue weighted by molar-refractivity contribution is 5.75. The van der Waals surface area contributed by atoms with Gasteiger partial charge in [0.15, 0.2) is 6.23 Å². The fraction of sp³-hybridized carbons (Fsp3) is 0.909. The number of methoxy groups -OCH3 is 1. The number of amides is 2. The summed E-state index contributed by atoms with van der Waals surface area (Å²) in [5, 5.41) is 12.7. The van der Waals surface area contributed by atoms with E-state index in [2.05, 4.69) is 5.32 Å². The molecule has 0 aromatic carbocycles. The van der Waals surface area contributed by atoms with Gasteiger partial charge in [-0.25, -0.2) is 4.79 Å². The molecule has 7 nitrogen and oxygen atoms in total. The van der Waals surface area contributed by atoms with Gasteiger partial charge in [0.05, 0.1) is 12.3 Å². The number of rotatable bonds is 3. The van der Waals surface area contributed by atoms with E-state index >= 15 is 0 Å². The van der Waals surface area contributed by atoms with Gasteiger partial charge in [0.25, 0.3) is 0 Å². The number of carbonyl (C=O) groups excluding carboxylic acids is 1. The molecule has 0 aromatic rings. The molecule has 2 rings (SSSR count). The molecule has 0 radical (unpaired) electrons. The van der Waals surface area contributed by atoms with Crippen molar-refractivity contribution in [3.8, 4) is 0 Å². The Balaban J connectivity index is 2.09. The van der Waals surface area contributed by atoms with Crippen molar-refractivity contribution < 1.29 is 19.4 Å². The average Bonchev–Trinajstić information content (AvgIpc) is 2.65. The van der Waals surface area contributed by atoms with Crippen LogP contribution in [0.25, 0.3) is 0 Å². The van der Waals surface area contributed by atoms with Crippen molar-refractivity contribution in [2.75, 3.05) is 13.7 Å². The predicted molar refractivity (Wildman–Crippen MR) is 63.6 cm³/mol. The van der Waals surface area contributed by atoms with E-state index in [0.717, 1.165) is 0 Å². The van der Waals surface area contributed by atoms with Gasteiger partial charge in [0.1, 0.15) is 12.2 Å². The quantitative estimate of drug-likeness (QED) is 0.616. The van der Waals surface area contributed by atoms with Crippen LogP contribution in [0.3, 0.4) is 0 Å². The standard InChI is InChI=1S/C11H21N3O4/c1-3-6-8(15)9(17-2)10(18-6)14-5-4-7(12)13-11(14)16/h6-10,15H,3-5,12H2,1-2H3,(H,13,16)/t6-,7?,8?,9?,10-/m1/s1. The minimum atomic E-state index is -0.714. The van der Waals surface area contributed by atoms with E-state index in [9.17, 15) is 9.90 Å². The first-order chi connectivity index (χ1) is 8.58. The summed E-state index contributed by atoms with van der Waals surface area (Å²) in [6, 6.07) is -0.273. The number of nitrogens with zero attached hydrogens (tertiary/aromatic N) is 1. The maximum atomic E-state index is 11.9. The molecule has 7 heteroatoms. The zero-order valence-electron chi connectivity index (χ0n) is 10.7. The third-order valence-corrected chi connectivity index (χ3v) is 3.55. The molecular formula is C11H21N3O4. The summed E-state index contributed by atoms with van der Waals surface area (Å²) in [6.45, 7) is 2.43. The minimum Gasteiger partial charge on any atom is -0.388 e. The molecule has 2 aliphatic heterocycles. The summed E-state index contributed by atoms with van der Waals surface area (Å²) in [6.07, 6.45) is -1.08. The molecule has 2 heterocycles. The topological polar surface area (TPSA) is 97.1 Å². The number of nitrogens with one attached hydrogen (secondary N) is 1. The van der Waals surface area contributed by atoms with Crippen LogP contribution in [0.1, 0.15) is 19.8 Å². The summed E-state index contributed by atoms with van der Waals surface area (Å²) in [5.41, 5.74) is 5.65. The van der Waals surface area contributed by atoms with Gasteiger partial charge in [-0.05, 0) is 12.8 Å². The number of aliphatic hydroxyl groups is 1. The van der Waals surface area contributed by atoms with Crippen LogP contribution in [-0.4, -0.2) is 60.4 Å². The first-order valence-corrected chi connectivity index (χ1v) is 6.27. The lowest BCUT2D eigenvalue weighted by molar-refractivity contribution is -0.0848. The summed E-state index contributed by atoms with van der Waals surface area (Å²) in [5.74, 6) is 0. The number of ether oxygens (including phenoxy) is 2. The summed E-state index contributed by atoms with van der Waals surface area (Å²) >= 11 is 0. The van der Waals surface area contributed by atoms with E-state index in [1.165, 1.54) is 12.0 Å². The second kappa shape index (κ2) is 5.40. The van der Waals surface area contributed by atoms with Crippen LogP contribution >= 0.6 is 0 Å². The number of urea groups is 1. The Morgan fingerprint density at radius 3 is 2.94 bits per heavy atom. The smallest absolute Gasteiger partial charge is 0.320 e. The number of carbonyl (C=O) groups is 1. The van der Waals surface area contributed by atoms with Crippen LogP contribution < -0.4 is 11.1 Å². The number of hydrogen-bond acceptors (Lipinski definition) is 5. The zero-order valence-corrected chi connectivity index (χ0v) is 10.7. The highest BCUT2D eigenvalue weighted by Crippen LogP contribution is 2.28. The van der Waals surface area contributed by atoms with E-state index in [1.54, 1.807) is 0 Å².